The van der Waals surface area contributed by atoms with Gasteiger partial charge in [-0.15, -0.1) is 5.10 Å². The number of hydrogen-bond donors (Lipinski definition) is 1. The number of para-hydroxylation sites is 1. The minimum absolute atomic E-state index is 0.0990. The number of pyridine rings is 1. The predicted molar refractivity (Wildman–Crippen MR) is 135 cm³/mol. The molecule has 0 radical (unpaired) electrons. The van der Waals surface area contributed by atoms with Crippen molar-refractivity contribution < 1.29 is 9.13 Å². The number of aromatic nitrogens is 5. The molecular weight excluding hydrogens is 459 g/mol. The lowest BCUT2D eigenvalue weighted by atomic mass is 10.1. The van der Waals surface area contributed by atoms with Crippen LogP contribution in [0.4, 0.5) is 4.39 Å². The zero-order chi connectivity index (χ0) is 25.1. The number of hydrogen-bond acceptors (Lipinski definition) is 6. The van der Waals surface area contributed by atoms with Gasteiger partial charge in [0.05, 0.1) is 24.2 Å². The summed E-state index contributed by atoms with van der Waals surface area (Å²) in [4.78, 5) is 18.4. The zero-order valence-electron chi connectivity index (χ0n) is 20.7. The van der Waals surface area contributed by atoms with Crippen molar-refractivity contribution in [1.82, 2.24) is 30.1 Å². The number of H-pyrrole nitrogens is 1. The molecule has 0 amide bonds. The highest BCUT2D eigenvalue weighted by Crippen LogP contribution is 2.27. The summed E-state index contributed by atoms with van der Waals surface area (Å²) in [5.74, 6) is 0.461. The molecule has 0 aliphatic carbocycles. The van der Waals surface area contributed by atoms with Gasteiger partial charge in [-0.1, -0.05) is 37.3 Å². The Balaban J connectivity index is 1.50. The third-order valence-electron chi connectivity index (χ3n) is 6.92. The van der Waals surface area contributed by atoms with Gasteiger partial charge in [0.1, 0.15) is 5.82 Å². The molecular formula is C27H31FN6O2. The maximum atomic E-state index is 13.6. The molecule has 2 atom stereocenters. The van der Waals surface area contributed by atoms with Crippen molar-refractivity contribution in [2.45, 2.75) is 64.9 Å². The third kappa shape index (κ3) is 5.22. The highest BCUT2D eigenvalue weighted by molar-refractivity contribution is 5.81. The van der Waals surface area contributed by atoms with E-state index in [0.29, 0.717) is 25.2 Å². The molecule has 0 unspecified atom stereocenters. The van der Waals surface area contributed by atoms with Crippen LogP contribution in [-0.2, 0) is 24.4 Å². The van der Waals surface area contributed by atoms with Crippen LogP contribution in [0, 0.1) is 12.7 Å². The summed E-state index contributed by atoms with van der Waals surface area (Å²) in [6, 6.07) is 14.3. The van der Waals surface area contributed by atoms with E-state index in [1.807, 2.05) is 35.9 Å². The second-order valence-electron chi connectivity index (χ2n) is 9.47. The summed E-state index contributed by atoms with van der Waals surface area (Å²) in [5.41, 5.74) is 3.37. The van der Waals surface area contributed by atoms with Gasteiger partial charge in [-0.3, -0.25) is 9.69 Å². The van der Waals surface area contributed by atoms with E-state index in [0.717, 1.165) is 53.7 Å². The lowest BCUT2D eigenvalue weighted by Crippen LogP contribution is -2.33. The number of nitrogens with zero attached hydrogens (tertiary/aromatic N) is 5. The second kappa shape index (κ2) is 10.7. The molecule has 3 heterocycles. The Bertz CT molecular complexity index is 1380. The quantitative estimate of drug-likeness (QED) is 0.376. The molecule has 0 bridgehead atoms. The van der Waals surface area contributed by atoms with Crippen molar-refractivity contribution in [1.29, 1.82) is 0 Å². The van der Waals surface area contributed by atoms with E-state index < -0.39 is 0 Å². The number of aromatic amines is 1. The predicted octanol–water partition coefficient (Wildman–Crippen LogP) is 4.29. The lowest BCUT2D eigenvalue weighted by Gasteiger charge is -2.30. The van der Waals surface area contributed by atoms with Gasteiger partial charge in [-0.25, -0.2) is 9.07 Å². The highest BCUT2D eigenvalue weighted by Gasteiger charge is 2.28. The monoisotopic (exact) mass is 490 g/mol. The summed E-state index contributed by atoms with van der Waals surface area (Å²) >= 11 is 0. The number of ether oxygens (including phenoxy) is 1. The normalized spacial score (nSPS) is 16.7. The van der Waals surface area contributed by atoms with Gasteiger partial charge in [0, 0.05) is 25.3 Å². The van der Waals surface area contributed by atoms with Crippen LogP contribution in [-0.4, -0.2) is 42.8 Å². The van der Waals surface area contributed by atoms with Gasteiger partial charge in [0.15, 0.2) is 5.82 Å². The Hall–Kier alpha value is -3.43. The van der Waals surface area contributed by atoms with Crippen molar-refractivity contribution in [3.63, 3.8) is 0 Å². The van der Waals surface area contributed by atoms with Crippen LogP contribution >= 0.6 is 0 Å². The van der Waals surface area contributed by atoms with Crippen molar-refractivity contribution in [3.8, 4) is 0 Å². The molecule has 1 aliphatic heterocycles. The molecule has 2 aromatic carbocycles. The van der Waals surface area contributed by atoms with Gasteiger partial charge in [-0.2, -0.15) is 0 Å². The van der Waals surface area contributed by atoms with E-state index in [9.17, 15) is 9.18 Å². The number of tetrazole rings is 1. The highest BCUT2D eigenvalue weighted by atomic mass is 19.1. The van der Waals surface area contributed by atoms with Crippen molar-refractivity contribution >= 4 is 10.9 Å². The van der Waals surface area contributed by atoms with Gasteiger partial charge in [-0.05, 0) is 71.3 Å². The first-order valence-electron chi connectivity index (χ1n) is 12.5. The van der Waals surface area contributed by atoms with Gasteiger partial charge < -0.3 is 9.72 Å². The summed E-state index contributed by atoms with van der Waals surface area (Å²) in [6.07, 6.45) is 2.86. The largest absolute Gasteiger partial charge is 0.376 e. The molecule has 0 spiro atoms. The average molecular weight is 491 g/mol. The zero-order valence-corrected chi connectivity index (χ0v) is 20.7. The van der Waals surface area contributed by atoms with E-state index >= 15 is 0 Å². The van der Waals surface area contributed by atoms with Crippen LogP contribution in [0.25, 0.3) is 10.9 Å². The van der Waals surface area contributed by atoms with E-state index in [1.54, 1.807) is 12.1 Å². The Morgan fingerprint density at radius 3 is 2.81 bits per heavy atom. The first kappa shape index (κ1) is 24.3. The number of aryl methyl sites for hydroxylation is 1. The first-order valence-corrected chi connectivity index (χ1v) is 12.5. The van der Waals surface area contributed by atoms with Gasteiger partial charge in [0.2, 0.25) is 0 Å². The second-order valence-corrected chi connectivity index (χ2v) is 9.47. The van der Waals surface area contributed by atoms with Crippen LogP contribution in [0.2, 0.25) is 0 Å². The first-order chi connectivity index (χ1) is 17.5. The fourth-order valence-corrected chi connectivity index (χ4v) is 5.03. The number of nitrogens with one attached hydrogen (secondary N) is 1. The molecule has 4 aromatic rings. The van der Waals surface area contributed by atoms with E-state index in [1.165, 1.54) is 12.1 Å². The summed E-state index contributed by atoms with van der Waals surface area (Å²) in [7, 11) is 0. The number of benzene rings is 2. The Labute approximate surface area is 209 Å². The smallest absolute Gasteiger partial charge is 0.252 e. The summed E-state index contributed by atoms with van der Waals surface area (Å²) in [6.45, 7) is 6.33. The van der Waals surface area contributed by atoms with E-state index in [2.05, 4.69) is 32.3 Å². The third-order valence-corrected chi connectivity index (χ3v) is 6.92. The maximum Gasteiger partial charge on any atom is 0.252 e. The van der Waals surface area contributed by atoms with Gasteiger partial charge in [0.25, 0.3) is 5.56 Å². The maximum absolute atomic E-state index is 13.6. The minimum atomic E-state index is -0.279. The number of rotatable bonds is 9. The van der Waals surface area contributed by atoms with Gasteiger partial charge >= 0.3 is 0 Å². The molecule has 0 saturated carbocycles. The van der Waals surface area contributed by atoms with Crippen molar-refractivity contribution in [2.24, 2.45) is 0 Å². The molecule has 1 fully saturated rings. The molecule has 1 aliphatic rings. The number of halogens is 1. The molecule has 188 valence electrons. The summed E-state index contributed by atoms with van der Waals surface area (Å²) < 4.78 is 21.2. The molecule has 8 nitrogen and oxygen atoms in total. The number of fused-ring (bicyclic) bond motifs is 1. The minimum Gasteiger partial charge on any atom is -0.376 e. The average Bonchev–Trinajstić information content (AvgIpc) is 3.55. The van der Waals surface area contributed by atoms with Crippen LogP contribution < -0.4 is 5.56 Å². The molecule has 1 saturated heterocycles. The van der Waals surface area contributed by atoms with Crippen LogP contribution in [0.5, 0.6) is 0 Å². The fourth-order valence-electron chi connectivity index (χ4n) is 5.03. The molecule has 2 aromatic heterocycles. The van der Waals surface area contributed by atoms with Crippen molar-refractivity contribution in [3.05, 3.63) is 87.2 Å². The van der Waals surface area contributed by atoms with Crippen LogP contribution in [0.3, 0.4) is 0 Å². The topological polar surface area (TPSA) is 88.9 Å². The summed E-state index contributed by atoms with van der Waals surface area (Å²) in [5, 5.41) is 13.6. The van der Waals surface area contributed by atoms with Crippen molar-refractivity contribution in [2.75, 3.05) is 6.61 Å². The standard InChI is InChI=1S/C27H31FN6O2/c1-3-24(26-30-31-32-34(26)17-23-8-5-13-36-23)33(15-19-9-11-22(28)12-10-19)16-21-14-20-7-4-6-18(2)25(20)29-27(21)35/h4,6-7,9-12,14,23-24H,3,5,8,13,15-17H2,1-2H3,(H,29,35)/t23-,24-/m0/s1. The van der Waals surface area contributed by atoms with Crippen LogP contribution in [0.1, 0.15) is 54.7 Å². The molecule has 36 heavy (non-hydrogen) atoms. The van der Waals surface area contributed by atoms with E-state index in [4.69, 9.17) is 4.74 Å². The molecule has 1 N–H and O–H groups in total. The van der Waals surface area contributed by atoms with E-state index in [-0.39, 0.29) is 23.5 Å². The Kier molecular flexibility index (Phi) is 7.20. The lowest BCUT2D eigenvalue weighted by molar-refractivity contribution is 0.0888. The fraction of sp³-hybridized carbons (Fsp3) is 0.407. The Morgan fingerprint density at radius 1 is 1.22 bits per heavy atom. The molecule has 5 rings (SSSR count). The SMILES string of the molecule is CC[C@@H](c1nnnn1C[C@@H]1CCCO1)N(Cc1ccc(F)cc1)Cc1cc2cccc(C)c2[nH]c1=O. The van der Waals surface area contributed by atoms with Crippen LogP contribution in [0.15, 0.2) is 53.3 Å². The Morgan fingerprint density at radius 2 is 2.06 bits per heavy atom. The molecule has 9 heteroatoms.